The fourth-order valence-corrected chi connectivity index (χ4v) is 4.84. The molecule has 6 nitrogen and oxygen atoms in total. The molecule has 0 unspecified atom stereocenters. The second kappa shape index (κ2) is 14.4. The second-order valence-corrected chi connectivity index (χ2v) is 9.86. The Kier molecular flexibility index (Phi) is 9.95. The number of nitrogens with zero attached hydrogens (tertiary/aromatic N) is 1. The maximum atomic E-state index is 13.4. The zero-order valence-corrected chi connectivity index (χ0v) is 22.5. The SMILES string of the molecule is O=C(OCc1ccccc1)N1C[C@@H](OCc2ccccc2)[C@H](OCc2ccccc2)[C@@H]1COCc1ccccc1. The van der Waals surface area contributed by atoms with E-state index in [-0.39, 0.29) is 18.8 Å². The Bertz CT molecular complexity index is 1290. The minimum atomic E-state index is -0.406. The summed E-state index contributed by atoms with van der Waals surface area (Å²) < 4.78 is 24.8. The summed E-state index contributed by atoms with van der Waals surface area (Å²) in [7, 11) is 0. The van der Waals surface area contributed by atoms with Gasteiger partial charge in [0.2, 0.25) is 0 Å². The molecule has 0 aromatic heterocycles. The highest BCUT2D eigenvalue weighted by Gasteiger charge is 2.46. The second-order valence-electron chi connectivity index (χ2n) is 9.86. The van der Waals surface area contributed by atoms with Crippen molar-refractivity contribution in [2.45, 2.75) is 44.7 Å². The molecule has 0 radical (unpaired) electrons. The van der Waals surface area contributed by atoms with Crippen LogP contribution in [-0.2, 0) is 45.4 Å². The summed E-state index contributed by atoms with van der Waals surface area (Å²) >= 11 is 0. The number of hydrogen-bond donors (Lipinski definition) is 0. The van der Waals surface area contributed by atoms with Crippen molar-refractivity contribution in [2.24, 2.45) is 0 Å². The summed E-state index contributed by atoms with van der Waals surface area (Å²) in [5, 5.41) is 0. The molecule has 0 saturated carbocycles. The van der Waals surface area contributed by atoms with Crippen LogP contribution in [0.2, 0.25) is 0 Å². The Hall–Kier alpha value is -3.97. The van der Waals surface area contributed by atoms with Crippen molar-refractivity contribution in [3.05, 3.63) is 144 Å². The van der Waals surface area contributed by atoms with E-state index in [2.05, 4.69) is 0 Å². The van der Waals surface area contributed by atoms with Crippen LogP contribution in [0, 0.1) is 0 Å². The van der Waals surface area contributed by atoms with Crippen LogP contribution >= 0.6 is 0 Å². The van der Waals surface area contributed by atoms with Gasteiger partial charge in [-0.25, -0.2) is 4.79 Å². The molecule has 1 amide bonds. The zero-order valence-electron chi connectivity index (χ0n) is 22.5. The Morgan fingerprint density at radius 2 is 1.05 bits per heavy atom. The van der Waals surface area contributed by atoms with Crippen molar-refractivity contribution in [1.29, 1.82) is 0 Å². The summed E-state index contributed by atoms with van der Waals surface area (Å²) in [6.07, 6.45) is -1.15. The Morgan fingerprint density at radius 1 is 0.600 bits per heavy atom. The molecule has 6 heteroatoms. The number of hydrogen-bond acceptors (Lipinski definition) is 5. The maximum Gasteiger partial charge on any atom is 0.410 e. The normalized spacial score (nSPS) is 18.5. The van der Waals surface area contributed by atoms with E-state index < -0.39 is 12.2 Å². The van der Waals surface area contributed by atoms with E-state index >= 15 is 0 Å². The van der Waals surface area contributed by atoms with Gasteiger partial charge in [-0.3, -0.25) is 4.90 Å². The Balaban J connectivity index is 1.33. The Labute approximate surface area is 236 Å². The lowest BCUT2D eigenvalue weighted by atomic mass is 10.1. The van der Waals surface area contributed by atoms with E-state index in [1.54, 1.807) is 4.90 Å². The van der Waals surface area contributed by atoms with Crippen LogP contribution in [0.5, 0.6) is 0 Å². The average Bonchev–Trinajstić information content (AvgIpc) is 3.37. The first-order valence-electron chi connectivity index (χ1n) is 13.7. The van der Waals surface area contributed by atoms with Crippen molar-refractivity contribution in [1.82, 2.24) is 4.90 Å². The van der Waals surface area contributed by atoms with Crippen LogP contribution in [-0.4, -0.2) is 42.4 Å². The third-order valence-electron chi connectivity index (χ3n) is 6.95. The third kappa shape index (κ3) is 7.79. The van der Waals surface area contributed by atoms with Crippen LogP contribution in [0.25, 0.3) is 0 Å². The lowest BCUT2D eigenvalue weighted by molar-refractivity contribution is -0.0813. The standard InChI is InChI=1S/C34H35NO5/c36-34(40-25-30-19-11-4-12-20-30)35-21-32(38-23-28-15-7-2-8-16-28)33(39-24-29-17-9-3-10-18-29)31(35)26-37-22-27-13-5-1-6-14-27/h1-20,31-33H,21-26H2/t31-,32+,33+/m0/s1. The van der Waals surface area contributed by atoms with Gasteiger partial charge in [-0.15, -0.1) is 0 Å². The molecule has 0 spiro atoms. The summed E-state index contributed by atoms with van der Waals surface area (Å²) in [6, 6.07) is 39.3. The number of amides is 1. The minimum absolute atomic E-state index is 0.193. The molecule has 1 aliphatic heterocycles. The number of rotatable bonds is 12. The molecule has 40 heavy (non-hydrogen) atoms. The van der Waals surface area contributed by atoms with Gasteiger partial charge in [0.1, 0.15) is 18.8 Å². The number of benzene rings is 4. The average molecular weight is 538 g/mol. The lowest BCUT2D eigenvalue weighted by Gasteiger charge is -2.28. The quantitative estimate of drug-likeness (QED) is 0.209. The highest BCUT2D eigenvalue weighted by atomic mass is 16.6. The lowest BCUT2D eigenvalue weighted by Crippen LogP contribution is -2.44. The van der Waals surface area contributed by atoms with E-state index in [9.17, 15) is 4.79 Å². The van der Waals surface area contributed by atoms with Gasteiger partial charge in [-0.2, -0.15) is 0 Å². The number of ether oxygens (including phenoxy) is 4. The highest BCUT2D eigenvalue weighted by Crippen LogP contribution is 2.28. The van der Waals surface area contributed by atoms with Crippen LogP contribution in [0.3, 0.4) is 0 Å². The smallest absolute Gasteiger partial charge is 0.410 e. The largest absolute Gasteiger partial charge is 0.445 e. The van der Waals surface area contributed by atoms with Crippen LogP contribution in [0.4, 0.5) is 4.79 Å². The highest BCUT2D eigenvalue weighted by molar-refractivity contribution is 5.69. The molecule has 206 valence electrons. The van der Waals surface area contributed by atoms with E-state index in [0.29, 0.717) is 33.0 Å². The maximum absolute atomic E-state index is 13.4. The first-order chi connectivity index (χ1) is 19.8. The van der Waals surface area contributed by atoms with Gasteiger partial charge < -0.3 is 18.9 Å². The van der Waals surface area contributed by atoms with Gasteiger partial charge in [0.05, 0.1) is 39.0 Å². The summed E-state index contributed by atoms with van der Waals surface area (Å²) in [6.45, 7) is 2.09. The van der Waals surface area contributed by atoms with Crippen molar-refractivity contribution >= 4 is 6.09 Å². The molecule has 0 N–H and O–H groups in total. The third-order valence-corrected chi connectivity index (χ3v) is 6.95. The molecule has 3 atom stereocenters. The fraction of sp³-hybridized carbons (Fsp3) is 0.265. The van der Waals surface area contributed by atoms with Crippen molar-refractivity contribution in [2.75, 3.05) is 13.2 Å². The molecule has 0 bridgehead atoms. The van der Waals surface area contributed by atoms with Crippen LogP contribution < -0.4 is 0 Å². The van der Waals surface area contributed by atoms with Crippen LogP contribution in [0.15, 0.2) is 121 Å². The van der Waals surface area contributed by atoms with E-state index in [1.807, 2.05) is 121 Å². The number of likely N-dealkylation sites (tertiary alicyclic amines) is 1. The van der Waals surface area contributed by atoms with E-state index in [4.69, 9.17) is 18.9 Å². The minimum Gasteiger partial charge on any atom is -0.445 e. The summed E-state index contributed by atoms with van der Waals surface area (Å²) in [4.78, 5) is 15.1. The van der Waals surface area contributed by atoms with Gasteiger partial charge in [-0.05, 0) is 22.3 Å². The zero-order chi connectivity index (χ0) is 27.4. The predicted molar refractivity (Wildman–Crippen MR) is 153 cm³/mol. The molecule has 0 aliphatic carbocycles. The molecule has 1 saturated heterocycles. The van der Waals surface area contributed by atoms with Gasteiger partial charge in [0.25, 0.3) is 0 Å². The van der Waals surface area contributed by atoms with Crippen LogP contribution in [0.1, 0.15) is 22.3 Å². The molecule has 5 rings (SSSR count). The van der Waals surface area contributed by atoms with Crippen molar-refractivity contribution in [3.63, 3.8) is 0 Å². The van der Waals surface area contributed by atoms with Gasteiger partial charge in [0.15, 0.2) is 0 Å². The number of carbonyl (C=O) groups is 1. The fourth-order valence-electron chi connectivity index (χ4n) is 4.84. The Morgan fingerprint density at radius 3 is 1.57 bits per heavy atom. The first kappa shape index (κ1) is 27.6. The van der Waals surface area contributed by atoms with E-state index in [0.717, 1.165) is 22.3 Å². The summed E-state index contributed by atoms with van der Waals surface area (Å²) in [5.41, 5.74) is 4.11. The monoisotopic (exact) mass is 537 g/mol. The topological polar surface area (TPSA) is 57.2 Å². The predicted octanol–water partition coefficient (Wildman–Crippen LogP) is 6.40. The molecular weight excluding hydrogens is 502 g/mol. The molecule has 4 aromatic carbocycles. The van der Waals surface area contributed by atoms with Gasteiger partial charge in [0, 0.05) is 0 Å². The molecule has 4 aromatic rings. The van der Waals surface area contributed by atoms with Gasteiger partial charge in [-0.1, -0.05) is 121 Å². The molecular formula is C34H35NO5. The van der Waals surface area contributed by atoms with Gasteiger partial charge >= 0.3 is 6.09 Å². The molecule has 1 aliphatic rings. The number of carbonyl (C=O) groups excluding carboxylic acids is 1. The summed E-state index contributed by atoms with van der Waals surface area (Å²) in [5.74, 6) is 0. The molecule has 1 heterocycles. The van der Waals surface area contributed by atoms with E-state index in [1.165, 1.54) is 0 Å². The first-order valence-corrected chi connectivity index (χ1v) is 13.7. The van der Waals surface area contributed by atoms with Crippen molar-refractivity contribution in [3.8, 4) is 0 Å². The van der Waals surface area contributed by atoms with Crippen molar-refractivity contribution < 1.29 is 23.7 Å². The molecule has 1 fully saturated rings.